The summed E-state index contributed by atoms with van der Waals surface area (Å²) in [6.07, 6.45) is 3.47. The monoisotopic (exact) mass is 378 g/mol. The number of ketones is 1. The quantitative estimate of drug-likeness (QED) is 0.494. The minimum atomic E-state index is -3.92. The van der Waals surface area contributed by atoms with Crippen molar-refractivity contribution in [3.63, 3.8) is 0 Å². The number of hydrazine groups is 1. The zero-order valence-electron chi connectivity index (χ0n) is 13.1. The first-order chi connectivity index (χ1) is 11.8. The first-order valence-electron chi connectivity index (χ1n) is 7.18. The Kier molecular flexibility index (Phi) is 4.66. The lowest BCUT2D eigenvalue weighted by molar-refractivity contribution is -0.120. The summed E-state index contributed by atoms with van der Waals surface area (Å²) in [6.45, 7) is 1.39. The molecule has 0 radical (unpaired) electrons. The molecule has 1 aromatic carbocycles. The highest BCUT2D eigenvalue weighted by molar-refractivity contribution is 7.89. The maximum absolute atomic E-state index is 12.1. The highest BCUT2D eigenvalue weighted by Crippen LogP contribution is 2.12. The molecule has 2 N–H and O–H groups in total. The number of hydrogen-bond acceptors (Lipinski definition) is 6. The van der Waals surface area contributed by atoms with Gasteiger partial charge in [0.15, 0.2) is 10.7 Å². The van der Waals surface area contributed by atoms with E-state index in [-0.39, 0.29) is 17.1 Å². The smallest absolute Gasteiger partial charge is 0.257 e. The third-order valence-electron chi connectivity index (χ3n) is 3.38. The van der Waals surface area contributed by atoms with Crippen molar-refractivity contribution in [2.45, 2.75) is 18.2 Å². The highest BCUT2D eigenvalue weighted by atomic mass is 32.2. The van der Waals surface area contributed by atoms with Crippen LogP contribution in [0.5, 0.6) is 0 Å². The lowest BCUT2D eigenvalue weighted by Gasteiger charge is -2.08. The number of aromatic nitrogens is 2. The zero-order valence-corrected chi connectivity index (χ0v) is 14.7. The Hall–Kier alpha value is -2.56. The Labute approximate surface area is 147 Å². The zero-order chi connectivity index (χ0) is 18.0. The number of nitrogens with zero attached hydrogens (tertiary/aromatic N) is 2. The van der Waals surface area contributed by atoms with Crippen LogP contribution in [-0.2, 0) is 21.2 Å². The molecule has 3 rings (SSSR count). The fraction of sp³-hybridized carbons (Fsp3) is 0.133. The summed E-state index contributed by atoms with van der Waals surface area (Å²) in [7, 11) is -3.92. The largest absolute Gasteiger partial charge is 0.297 e. The number of Topliss-reactive ketones (excluding diaryl/α,β-unsaturated/α-hetero) is 1. The Balaban J connectivity index is 1.61. The van der Waals surface area contributed by atoms with E-state index in [2.05, 4.69) is 10.4 Å². The molecular formula is C15H14N4O4S2. The topological polar surface area (TPSA) is 110 Å². The van der Waals surface area contributed by atoms with Gasteiger partial charge in [0.05, 0.1) is 17.0 Å². The summed E-state index contributed by atoms with van der Waals surface area (Å²) in [6, 6.07) is 5.43. The van der Waals surface area contributed by atoms with Gasteiger partial charge < -0.3 is 0 Å². The minimum Gasteiger partial charge on any atom is -0.297 e. The molecule has 0 aliphatic rings. The summed E-state index contributed by atoms with van der Waals surface area (Å²) < 4.78 is 26.1. The molecule has 2 aromatic heterocycles. The Morgan fingerprint density at radius 3 is 2.60 bits per heavy atom. The molecule has 0 saturated heterocycles. The van der Waals surface area contributed by atoms with E-state index in [1.807, 2.05) is 16.4 Å². The van der Waals surface area contributed by atoms with Crippen molar-refractivity contribution in [1.82, 2.24) is 19.6 Å². The lowest BCUT2D eigenvalue weighted by atomic mass is 10.2. The second-order valence-corrected chi connectivity index (χ2v) is 7.79. The maximum atomic E-state index is 12.1. The number of rotatable bonds is 6. The summed E-state index contributed by atoms with van der Waals surface area (Å²) in [5.41, 5.74) is 3.10. The number of carbonyl (C=O) groups excluding carboxylic acids is 2. The number of nitrogens with one attached hydrogen (secondary N) is 2. The molecule has 10 heteroatoms. The molecule has 25 heavy (non-hydrogen) atoms. The number of hydrogen-bond donors (Lipinski definition) is 2. The number of carbonyl (C=O) groups is 2. The third-order valence-corrected chi connectivity index (χ3v) is 5.42. The predicted octanol–water partition coefficient (Wildman–Crippen LogP) is 1.15. The molecule has 8 nitrogen and oxygen atoms in total. The Bertz CT molecular complexity index is 1010. The van der Waals surface area contributed by atoms with Crippen LogP contribution < -0.4 is 10.3 Å². The van der Waals surface area contributed by atoms with Crippen molar-refractivity contribution >= 4 is 38.0 Å². The molecular weight excluding hydrogens is 364 g/mol. The van der Waals surface area contributed by atoms with Crippen molar-refractivity contribution in [1.29, 1.82) is 0 Å². The number of benzene rings is 1. The molecule has 0 unspecified atom stereocenters. The van der Waals surface area contributed by atoms with Gasteiger partial charge >= 0.3 is 0 Å². The van der Waals surface area contributed by atoms with Gasteiger partial charge in [-0.1, -0.05) is 12.1 Å². The number of thiazole rings is 1. The lowest BCUT2D eigenvalue weighted by Crippen LogP contribution is -2.42. The van der Waals surface area contributed by atoms with Crippen molar-refractivity contribution in [2.75, 3.05) is 0 Å². The van der Waals surface area contributed by atoms with E-state index in [1.165, 1.54) is 42.5 Å². The van der Waals surface area contributed by atoms with Crippen LogP contribution in [0, 0.1) is 0 Å². The summed E-state index contributed by atoms with van der Waals surface area (Å²) in [5, 5.41) is 1.87. The van der Waals surface area contributed by atoms with Crippen LogP contribution in [0.1, 0.15) is 23.0 Å². The predicted molar refractivity (Wildman–Crippen MR) is 91.7 cm³/mol. The molecule has 2 heterocycles. The molecule has 0 aliphatic heterocycles. The fourth-order valence-corrected chi connectivity index (χ4v) is 3.70. The third kappa shape index (κ3) is 3.92. The van der Waals surface area contributed by atoms with E-state index < -0.39 is 15.9 Å². The SMILES string of the molecule is CC(=O)c1ccc(S(=O)(=O)NNC(=O)Cc2cn3ccsc3n2)cc1. The van der Waals surface area contributed by atoms with Crippen molar-refractivity contribution in [3.8, 4) is 0 Å². The Morgan fingerprint density at radius 2 is 1.96 bits per heavy atom. The van der Waals surface area contributed by atoms with Gasteiger partial charge in [0.1, 0.15) is 0 Å². The standard InChI is InChI=1S/C15H14N4O4S2/c1-10(20)11-2-4-13(5-3-11)25(22,23)18-17-14(21)8-12-9-19-6-7-24-15(19)16-12/h2-7,9,18H,8H2,1H3,(H,17,21). The summed E-state index contributed by atoms with van der Waals surface area (Å²) in [4.78, 5) is 30.1. The van der Waals surface area contributed by atoms with E-state index in [0.29, 0.717) is 11.3 Å². The summed E-state index contributed by atoms with van der Waals surface area (Å²) >= 11 is 1.44. The van der Waals surface area contributed by atoms with E-state index in [1.54, 1.807) is 10.6 Å². The number of imidazole rings is 1. The minimum absolute atomic E-state index is 0.0553. The number of sulfonamides is 1. The van der Waals surface area contributed by atoms with Gasteiger partial charge in [-0.05, 0) is 19.1 Å². The van der Waals surface area contributed by atoms with Crippen molar-refractivity contribution in [3.05, 3.63) is 53.3 Å². The summed E-state index contributed by atoms with van der Waals surface area (Å²) in [5.74, 6) is -0.695. The highest BCUT2D eigenvalue weighted by Gasteiger charge is 2.16. The van der Waals surface area contributed by atoms with E-state index in [4.69, 9.17) is 0 Å². The van der Waals surface area contributed by atoms with Crippen LogP contribution in [0.15, 0.2) is 46.9 Å². The second-order valence-electron chi connectivity index (χ2n) is 5.24. The van der Waals surface area contributed by atoms with Gasteiger partial charge in [0.25, 0.3) is 10.0 Å². The van der Waals surface area contributed by atoms with E-state index in [9.17, 15) is 18.0 Å². The molecule has 0 saturated carbocycles. The van der Waals surface area contributed by atoms with Gasteiger partial charge in [0, 0.05) is 23.3 Å². The van der Waals surface area contributed by atoms with Gasteiger partial charge in [-0.2, -0.15) is 0 Å². The molecule has 0 fully saturated rings. The van der Waals surface area contributed by atoms with Crippen molar-refractivity contribution < 1.29 is 18.0 Å². The first-order valence-corrected chi connectivity index (χ1v) is 9.54. The van der Waals surface area contributed by atoms with Crippen LogP contribution in [0.25, 0.3) is 4.96 Å². The van der Waals surface area contributed by atoms with E-state index >= 15 is 0 Å². The molecule has 1 amide bonds. The average molecular weight is 378 g/mol. The normalized spacial score (nSPS) is 11.6. The molecule has 0 bridgehead atoms. The van der Waals surface area contributed by atoms with Crippen LogP contribution in [0.2, 0.25) is 0 Å². The van der Waals surface area contributed by atoms with Crippen LogP contribution in [-0.4, -0.2) is 29.5 Å². The van der Waals surface area contributed by atoms with Crippen LogP contribution >= 0.6 is 11.3 Å². The van der Waals surface area contributed by atoms with Gasteiger partial charge in [-0.25, -0.2) is 13.4 Å². The number of fused-ring (bicyclic) bond motifs is 1. The van der Waals surface area contributed by atoms with Crippen LogP contribution in [0.4, 0.5) is 0 Å². The van der Waals surface area contributed by atoms with Crippen molar-refractivity contribution in [2.24, 2.45) is 0 Å². The molecule has 3 aromatic rings. The number of amides is 1. The maximum Gasteiger partial charge on any atom is 0.257 e. The molecule has 0 spiro atoms. The van der Waals surface area contributed by atoms with Gasteiger partial charge in [-0.15, -0.1) is 16.2 Å². The van der Waals surface area contributed by atoms with Gasteiger partial charge in [-0.3, -0.25) is 19.4 Å². The van der Waals surface area contributed by atoms with Gasteiger partial charge in [0.2, 0.25) is 5.91 Å². The van der Waals surface area contributed by atoms with E-state index in [0.717, 1.165) is 4.96 Å². The fourth-order valence-electron chi connectivity index (χ4n) is 2.12. The molecule has 0 atom stereocenters. The first kappa shape index (κ1) is 17.3. The molecule has 130 valence electrons. The Morgan fingerprint density at radius 1 is 1.24 bits per heavy atom. The van der Waals surface area contributed by atoms with Crippen LogP contribution in [0.3, 0.4) is 0 Å². The second kappa shape index (κ2) is 6.75. The average Bonchev–Trinajstić information content (AvgIpc) is 3.14. The molecule has 0 aliphatic carbocycles.